The van der Waals surface area contributed by atoms with Crippen LogP contribution in [0.5, 0.6) is 0 Å². The molecule has 0 spiro atoms. The number of aromatic nitrogens is 2. The summed E-state index contributed by atoms with van der Waals surface area (Å²) in [6, 6.07) is 0. The maximum absolute atomic E-state index is 4.67. The van der Waals surface area contributed by atoms with Gasteiger partial charge in [-0.05, 0) is 38.8 Å². The quantitative estimate of drug-likeness (QED) is 0.798. The van der Waals surface area contributed by atoms with Crippen LogP contribution in [-0.4, -0.2) is 35.7 Å². The maximum atomic E-state index is 4.67. The van der Waals surface area contributed by atoms with Crippen molar-refractivity contribution >= 4 is 5.95 Å². The highest BCUT2D eigenvalue weighted by Gasteiger charge is 2.21. The Morgan fingerprint density at radius 1 is 1.47 bits per heavy atom. The summed E-state index contributed by atoms with van der Waals surface area (Å²) >= 11 is 0. The van der Waals surface area contributed by atoms with Crippen LogP contribution in [0.25, 0.3) is 0 Å². The molecule has 1 aliphatic heterocycles. The summed E-state index contributed by atoms with van der Waals surface area (Å²) in [5, 5.41) is 3.46. The Morgan fingerprint density at radius 3 is 2.84 bits per heavy atom. The predicted molar refractivity (Wildman–Crippen MR) is 80.6 cm³/mol. The molecule has 1 saturated heterocycles. The third-order valence-corrected chi connectivity index (χ3v) is 3.78. The molecule has 2 rings (SSSR count). The van der Waals surface area contributed by atoms with Crippen molar-refractivity contribution in [2.24, 2.45) is 5.92 Å². The Morgan fingerprint density at radius 2 is 2.21 bits per heavy atom. The van der Waals surface area contributed by atoms with E-state index in [9.17, 15) is 0 Å². The van der Waals surface area contributed by atoms with Gasteiger partial charge in [0.05, 0.1) is 5.69 Å². The summed E-state index contributed by atoms with van der Waals surface area (Å²) in [5.41, 5.74) is 1.09. The highest BCUT2D eigenvalue weighted by atomic mass is 15.3. The molecule has 0 bridgehead atoms. The van der Waals surface area contributed by atoms with Crippen molar-refractivity contribution < 1.29 is 0 Å². The van der Waals surface area contributed by atoms with Gasteiger partial charge in [-0.1, -0.05) is 13.0 Å². The molecular formula is C15H26N4. The number of piperidine rings is 1. The fourth-order valence-corrected chi connectivity index (χ4v) is 2.75. The van der Waals surface area contributed by atoms with E-state index in [-0.39, 0.29) is 0 Å². The molecule has 1 N–H and O–H groups in total. The van der Waals surface area contributed by atoms with Gasteiger partial charge in [-0.25, -0.2) is 4.98 Å². The van der Waals surface area contributed by atoms with Gasteiger partial charge in [0.25, 0.3) is 0 Å². The van der Waals surface area contributed by atoms with Gasteiger partial charge in [0.15, 0.2) is 0 Å². The lowest BCUT2D eigenvalue weighted by Gasteiger charge is -2.33. The average molecular weight is 262 g/mol. The van der Waals surface area contributed by atoms with Crippen LogP contribution in [0.1, 0.15) is 25.5 Å². The molecule has 0 unspecified atom stereocenters. The van der Waals surface area contributed by atoms with Crippen LogP contribution in [0.15, 0.2) is 18.9 Å². The molecule has 0 aliphatic carbocycles. The lowest BCUT2D eigenvalue weighted by Crippen LogP contribution is -2.38. The molecule has 4 nitrogen and oxygen atoms in total. The summed E-state index contributed by atoms with van der Waals surface area (Å²) in [5.74, 6) is 1.93. The average Bonchev–Trinajstić information content (AvgIpc) is 2.78. The molecule has 0 radical (unpaired) electrons. The second-order valence-electron chi connectivity index (χ2n) is 5.36. The fourth-order valence-electron chi connectivity index (χ4n) is 2.75. The Hall–Kier alpha value is -1.29. The summed E-state index contributed by atoms with van der Waals surface area (Å²) < 4.78 is 2.20. The molecule has 2 heterocycles. The number of imidazole rings is 1. The Balaban J connectivity index is 1.95. The van der Waals surface area contributed by atoms with Gasteiger partial charge in [-0.15, -0.1) is 6.58 Å². The molecule has 19 heavy (non-hydrogen) atoms. The van der Waals surface area contributed by atoms with Crippen molar-refractivity contribution in [3.63, 3.8) is 0 Å². The minimum absolute atomic E-state index is 0.820. The molecule has 0 atom stereocenters. The van der Waals surface area contributed by atoms with Gasteiger partial charge in [-0.3, -0.25) is 0 Å². The van der Waals surface area contributed by atoms with E-state index in [2.05, 4.69) is 46.4 Å². The molecule has 1 fully saturated rings. The second kappa shape index (κ2) is 6.75. The molecular weight excluding hydrogens is 236 g/mol. The van der Waals surface area contributed by atoms with Crippen LogP contribution in [0.4, 0.5) is 5.95 Å². The van der Waals surface area contributed by atoms with Gasteiger partial charge in [0.1, 0.15) is 0 Å². The lowest BCUT2D eigenvalue weighted by molar-refractivity contribution is 0.382. The van der Waals surface area contributed by atoms with Crippen LogP contribution in [0, 0.1) is 12.8 Å². The monoisotopic (exact) mass is 262 g/mol. The van der Waals surface area contributed by atoms with E-state index < -0.39 is 0 Å². The van der Waals surface area contributed by atoms with Crippen molar-refractivity contribution in [3.8, 4) is 0 Å². The van der Waals surface area contributed by atoms with E-state index >= 15 is 0 Å². The molecule has 0 aromatic carbocycles. The van der Waals surface area contributed by atoms with Crippen molar-refractivity contribution in [2.45, 2.75) is 33.2 Å². The van der Waals surface area contributed by atoms with Crippen molar-refractivity contribution in [2.75, 3.05) is 31.1 Å². The SMILES string of the molecule is C=CCn1cc(C)nc1N1CCC(CNCC)CC1. The Kier molecular flexibility index (Phi) is 5.02. The topological polar surface area (TPSA) is 33.1 Å². The molecule has 1 aromatic rings. The molecule has 106 valence electrons. The van der Waals surface area contributed by atoms with Gasteiger partial charge >= 0.3 is 0 Å². The van der Waals surface area contributed by atoms with Gasteiger partial charge in [-0.2, -0.15) is 0 Å². The normalized spacial score (nSPS) is 16.8. The highest BCUT2D eigenvalue weighted by molar-refractivity contribution is 5.34. The van der Waals surface area contributed by atoms with Crippen molar-refractivity contribution in [1.29, 1.82) is 0 Å². The molecule has 1 aliphatic rings. The first-order valence-corrected chi connectivity index (χ1v) is 7.35. The second-order valence-corrected chi connectivity index (χ2v) is 5.36. The number of allylic oxidation sites excluding steroid dienone is 1. The summed E-state index contributed by atoms with van der Waals surface area (Å²) in [7, 11) is 0. The number of hydrogen-bond acceptors (Lipinski definition) is 3. The zero-order valence-electron chi connectivity index (χ0n) is 12.2. The zero-order valence-corrected chi connectivity index (χ0v) is 12.2. The Bertz CT molecular complexity index is 402. The number of anilines is 1. The lowest BCUT2D eigenvalue weighted by atomic mass is 9.97. The number of nitrogens with zero attached hydrogens (tertiary/aromatic N) is 3. The van der Waals surface area contributed by atoms with Crippen LogP contribution in [0.2, 0.25) is 0 Å². The number of rotatable bonds is 6. The highest BCUT2D eigenvalue weighted by Crippen LogP contribution is 2.22. The van der Waals surface area contributed by atoms with Crippen LogP contribution >= 0.6 is 0 Å². The number of nitrogens with one attached hydrogen (secondary N) is 1. The maximum Gasteiger partial charge on any atom is 0.206 e. The molecule has 0 saturated carbocycles. The third-order valence-electron chi connectivity index (χ3n) is 3.78. The summed E-state index contributed by atoms with van der Waals surface area (Å²) in [6.07, 6.45) is 6.56. The van der Waals surface area contributed by atoms with E-state index in [1.807, 2.05) is 6.08 Å². The smallest absolute Gasteiger partial charge is 0.206 e. The van der Waals surface area contributed by atoms with E-state index in [0.29, 0.717) is 0 Å². The van der Waals surface area contributed by atoms with E-state index in [4.69, 9.17) is 0 Å². The molecule has 1 aromatic heterocycles. The van der Waals surface area contributed by atoms with Gasteiger partial charge < -0.3 is 14.8 Å². The number of aryl methyl sites for hydroxylation is 1. The van der Waals surface area contributed by atoms with Gasteiger partial charge in [0.2, 0.25) is 5.95 Å². The van der Waals surface area contributed by atoms with Gasteiger partial charge in [0, 0.05) is 25.8 Å². The van der Waals surface area contributed by atoms with Crippen molar-refractivity contribution in [1.82, 2.24) is 14.9 Å². The van der Waals surface area contributed by atoms with Crippen LogP contribution in [-0.2, 0) is 6.54 Å². The van der Waals surface area contributed by atoms with Crippen LogP contribution < -0.4 is 10.2 Å². The molecule has 0 amide bonds. The molecule has 4 heteroatoms. The summed E-state index contributed by atoms with van der Waals surface area (Å²) in [6.45, 7) is 13.3. The first-order valence-electron chi connectivity index (χ1n) is 7.35. The fraction of sp³-hybridized carbons (Fsp3) is 0.667. The zero-order chi connectivity index (χ0) is 13.7. The standard InChI is InChI=1S/C15H26N4/c1-4-8-19-12-13(3)17-15(19)18-9-6-14(7-10-18)11-16-5-2/h4,12,14,16H,1,5-11H2,2-3H3. The Labute approximate surface area is 116 Å². The van der Waals surface area contributed by atoms with E-state index in [1.165, 1.54) is 12.8 Å². The largest absolute Gasteiger partial charge is 0.342 e. The third kappa shape index (κ3) is 3.60. The number of hydrogen-bond donors (Lipinski definition) is 1. The van der Waals surface area contributed by atoms with Crippen molar-refractivity contribution in [3.05, 3.63) is 24.5 Å². The van der Waals surface area contributed by atoms with Crippen LogP contribution in [0.3, 0.4) is 0 Å². The minimum atomic E-state index is 0.820. The minimum Gasteiger partial charge on any atom is -0.342 e. The first-order chi connectivity index (χ1) is 9.24. The van der Waals surface area contributed by atoms with E-state index in [0.717, 1.165) is 50.3 Å². The first kappa shape index (κ1) is 14.1. The summed E-state index contributed by atoms with van der Waals surface area (Å²) in [4.78, 5) is 7.08. The van der Waals surface area contributed by atoms with E-state index in [1.54, 1.807) is 0 Å². The predicted octanol–water partition coefficient (Wildman–Crippen LogP) is 2.20.